The van der Waals surface area contributed by atoms with E-state index in [1.807, 2.05) is 28.8 Å². The van der Waals surface area contributed by atoms with Crippen molar-refractivity contribution in [3.63, 3.8) is 0 Å². The smallest absolute Gasteiger partial charge is 0.200 e. The van der Waals surface area contributed by atoms with E-state index >= 15 is 0 Å². The van der Waals surface area contributed by atoms with Crippen molar-refractivity contribution in [3.8, 4) is 17.2 Å². The molecule has 7 nitrogen and oxygen atoms in total. The highest BCUT2D eigenvalue weighted by molar-refractivity contribution is 5.53. The Morgan fingerprint density at radius 1 is 0.952 bits per heavy atom. The standard InChI is InChI=1S/C14H14N4O3/c19-10-5-4-9(13(20)14(10)21)7-15-8-12-17-16-11-3-1-2-6-18(11)12/h1-6,15,19-21H,7-8H2. The molecule has 2 heterocycles. The third-order valence-electron chi connectivity index (χ3n) is 3.20. The third-order valence-corrected chi connectivity index (χ3v) is 3.20. The number of benzene rings is 1. The molecule has 0 spiro atoms. The molecule has 21 heavy (non-hydrogen) atoms. The third kappa shape index (κ3) is 2.46. The summed E-state index contributed by atoms with van der Waals surface area (Å²) in [7, 11) is 0. The molecule has 2 aromatic heterocycles. The summed E-state index contributed by atoms with van der Waals surface area (Å²) in [5.41, 5.74) is 1.25. The number of phenolic OH excluding ortho intramolecular Hbond substituents is 3. The van der Waals surface area contributed by atoms with Crippen molar-refractivity contribution in [1.29, 1.82) is 0 Å². The van der Waals surface area contributed by atoms with Gasteiger partial charge in [-0.1, -0.05) is 12.1 Å². The molecule has 108 valence electrons. The first kappa shape index (κ1) is 13.2. The van der Waals surface area contributed by atoms with Crippen LogP contribution >= 0.6 is 0 Å². The van der Waals surface area contributed by atoms with Crippen molar-refractivity contribution in [2.45, 2.75) is 13.1 Å². The lowest BCUT2D eigenvalue weighted by atomic mass is 10.1. The number of pyridine rings is 1. The summed E-state index contributed by atoms with van der Waals surface area (Å²) in [5.74, 6) is -0.441. The number of nitrogens with zero attached hydrogens (tertiary/aromatic N) is 3. The van der Waals surface area contributed by atoms with E-state index in [4.69, 9.17) is 0 Å². The van der Waals surface area contributed by atoms with E-state index < -0.39 is 5.75 Å². The molecule has 0 radical (unpaired) electrons. The molecule has 1 aromatic carbocycles. The summed E-state index contributed by atoms with van der Waals surface area (Å²) < 4.78 is 1.86. The number of phenols is 3. The maximum atomic E-state index is 9.72. The van der Waals surface area contributed by atoms with Gasteiger partial charge in [0, 0.05) is 18.3 Å². The number of fused-ring (bicyclic) bond motifs is 1. The molecule has 3 rings (SSSR count). The van der Waals surface area contributed by atoms with Gasteiger partial charge >= 0.3 is 0 Å². The Balaban J connectivity index is 1.70. The molecule has 0 aliphatic heterocycles. The fraction of sp³-hybridized carbons (Fsp3) is 0.143. The van der Waals surface area contributed by atoms with Crippen LogP contribution in [0.1, 0.15) is 11.4 Å². The normalized spacial score (nSPS) is 11.0. The van der Waals surface area contributed by atoms with Gasteiger partial charge in [-0.3, -0.25) is 4.40 Å². The Kier molecular flexibility index (Phi) is 3.33. The summed E-state index contributed by atoms with van der Waals surface area (Å²) >= 11 is 0. The number of nitrogens with one attached hydrogen (secondary N) is 1. The first-order valence-electron chi connectivity index (χ1n) is 6.39. The van der Waals surface area contributed by atoms with Crippen LogP contribution in [-0.2, 0) is 13.1 Å². The van der Waals surface area contributed by atoms with Crippen LogP contribution in [0.15, 0.2) is 36.5 Å². The van der Waals surface area contributed by atoms with Crippen molar-refractivity contribution in [2.24, 2.45) is 0 Å². The van der Waals surface area contributed by atoms with Gasteiger partial charge in [0.05, 0.1) is 6.54 Å². The lowest BCUT2D eigenvalue weighted by molar-refractivity contribution is 0.364. The van der Waals surface area contributed by atoms with Gasteiger partial charge in [0.1, 0.15) is 0 Å². The van der Waals surface area contributed by atoms with Crippen molar-refractivity contribution < 1.29 is 15.3 Å². The maximum absolute atomic E-state index is 9.72. The van der Waals surface area contributed by atoms with Crippen LogP contribution in [0.25, 0.3) is 5.65 Å². The van der Waals surface area contributed by atoms with Gasteiger partial charge in [-0.15, -0.1) is 10.2 Å². The number of hydrogen-bond acceptors (Lipinski definition) is 6. The van der Waals surface area contributed by atoms with Gasteiger partial charge in [-0.05, 0) is 18.2 Å². The molecule has 4 N–H and O–H groups in total. The Labute approximate surface area is 120 Å². The average molecular weight is 286 g/mol. The van der Waals surface area contributed by atoms with E-state index in [9.17, 15) is 15.3 Å². The summed E-state index contributed by atoms with van der Waals surface area (Å²) in [4.78, 5) is 0. The quantitative estimate of drug-likeness (QED) is 0.536. The molecular weight excluding hydrogens is 272 g/mol. The summed E-state index contributed by atoms with van der Waals surface area (Å²) in [6.07, 6.45) is 1.87. The number of hydrogen-bond donors (Lipinski definition) is 4. The van der Waals surface area contributed by atoms with Gasteiger partial charge in [0.25, 0.3) is 0 Å². The fourth-order valence-corrected chi connectivity index (χ4v) is 2.07. The Bertz CT molecular complexity index is 785. The van der Waals surface area contributed by atoms with E-state index in [2.05, 4.69) is 15.5 Å². The van der Waals surface area contributed by atoms with Crippen LogP contribution in [0, 0.1) is 0 Å². The minimum Gasteiger partial charge on any atom is -0.504 e. The van der Waals surface area contributed by atoms with Crippen molar-refractivity contribution in [2.75, 3.05) is 0 Å². The molecule has 0 unspecified atom stereocenters. The van der Waals surface area contributed by atoms with Crippen molar-refractivity contribution in [1.82, 2.24) is 19.9 Å². The van der Waals surface area contributed by atoms with E-state index in [1.165, 1.54) is 6.07 Å². The van der Waals surface area contributed by atoms with Crippen LogP contribution in [0.3, 0.4) is 0 Å². The maximum Gasteiger partial charge on any atom is 0.200 e. The number of rotatable bonds is 4. The highest BCUT2D eigenvalue weighted by Crippen LogP contribution is 2.36. The second-order valence-electron chi connectivity index (χ2n) is 4.59. The van der Waals surface area contributed by atoms with Crippen molar-refractivity contribution >= 4 is 5.65 Å². The Morgan fingerprint density at radius 2 is 1.81 bits per heavy atom. The highest BCUT2D eigenvalue weighted by atomic mass is 16.3. The second-order valence-corrected chi connectivity index (χ2v) is 4.59. The van der Waals surface area contributed by atoms with Gasteiger partial charge in [-0.2, -0.15) is 0 Å². The lowest BCUT2D eigenvalue weighted by Crippen LogP contribution is -2.15. The SMILES string of the molecule is Oc1ccc(CNCc2nnc3ccccn23)c(O)c1O. The van der Waals surface area contributed by atoms with Gasteiger partial charge in [0.2, 0.25) is 5.75 Å². The molecule has 0 saturated carbocycles. The second kappa shape index (κ2) is 5.29. The Hall–Kier alpha value is -2.80. The summed E-state index contributed by atoms with van der Waals surface area (Å²) in [5, 5.41) is 39.7. The number of aromatic nitrogens is 3. The molecule has 3 aromatic rings. The van der Waals surface area contributed by atoms with E-state index in [-0.39, 0.29) is 11.5 Å². The van der Waals surface area contributed by atoms with E-state index in [0.717, 1.165) is 11.5 Å². The molecule has 0 aliphatic rings. The van der Waals surface area contributed by atoms with Gasteiger partial charge in [0.15, 0.2) is 23.0 Å². The van der Waals surface area contributed by atoms with E-state index in [1.54, 1.807) is 6.07 Å². The first-order valence-corrected chi connectivity index (χ1v) is 6.39. The predicted octanol–water partition coefficient (Wildman–Crippen LogP) is 1.14. The molecular formula is C14H14N4O3. The highest BCUT2D eigenvalue weighted by Gasteiger charge is 2.11. The van der Waals surface area contributed by atoms with Crippen LogP contribution in [0.4, 0.5) is 0 Å². The zero-order valence-corrected chi connectivity index (χ0v) is 11.1. The van der Waals surface area contributed by atoms with Crippen LogP contribution < -0.4 is 5.32 Å². The van der Waals surface area contributed by atoms with Crippen LogP contribution in [0.2, 0.25) is 0 Å². The summed E-state index contributed by atoms with van der Waals surface area (Å²) in [6, 6.07) is 8.51. The summed E-state index contributed by atoms with van der Waals surface area (Å²) in [6.45, 7) is 0.772. The molecule has 0 saturated heterocycles. The van der Waals surface area contributed by atoms with Crippen LogP contribution in [0.5, 0.6) is 17.2 Å². The van der Waals surface area contributed by atoms with Gasteiger partial charge in [-0.25, -0.2) is 0 Å². The van der Waals surface area contributed by atoms with Crippen molar-refractivity contribution in [3.05, 3.63) is 47.9 Å². The number of aromatic hydroxyl groups is 3. The monoisotopic (exact) mass is 286 g/mol. The largest absolute Gasteiger partial charge is 0.504 e. The Morgan fingerprint density at radius 3 is 2.67 bits per heavy atom. The topological polar surface area (TPSA) is 103 Å². The molecule has 0 atom stereocenters. The van der Waals surface area contributed by atoms with Gasteiger partial charge < -0.3 is 20.6 Å². The van der Waals surface area contributed by atoms with Crippen LogP contribution in [-0.4, -0.2) is 29.9 Å². The molecule has 0 aliphatic carbocycles. The predicted molar refractivity (Wildman–Crippen MR) is 75.0 cm³/mol. The first-order chi connectivity index (χ1) is 10.2. The zero-order valence-electron chi connectivity index (χ0n) is 11.1. The molecule has 0 amide bonds. The minimum absolute atomic E-state index is 0.321. The fourth-order valence-electron chi connectivity index (χ4n) is 2.07. The van der Waals surface area contributed by atoms with E-state index in [0.29, 0.717) is 18.7 Å². The average Bonchev–Trinajstić information content (AvgIpc) is 2.91. The zero-order chi connectivity index (χ0) is 14.8. The lowest BCUT2D eigenvalue weighted by Gasteiger charge is -2.08. The molecule has 0 bridgehead atoms. The minimum atomic E-state index is -0.512. The molecule has 7 heteroatoms. The molecule has 0 fully saturated rings.